The van der Waals surface area contributed by atoms with Crippen molar-refractivity contribution in [3.05, 3.63) is 64.6 Å². The minimum absolute atomic E-state index is 0.148. The summed E-state index contributed by atoms with van der Waals surface area (Å²) in [5, 5.41) is 2.82. The van der Waals surface area contributed by atoms with Gasteiger partial charge in [-0.05, 0) is 42.0 Å². The van der Waals surface area contributed by atoms with Gasteiger partial charge in [0.1, 0.15) is 0 Å². The maximum Gasteiger partial charge on any atom is 0.248 e. The molecule has 2 rings (SSSR count). The first-order valence-electron chi connectivity index (χ1n) is 6.56. The first kappa shape index (κ1) is 15.3. The second-order valence-corrected chi connectivity index (χ2v) is 5.73. The minimum atomic E-state index is -0.148. The highest BCUT2D eigenvalue weighted by Gasteiger charge is 1.99. The number of nitrogens with zero attached hydrogens (tertiary/aromatic N) is 1. The standard InChI is InChI=1S/C17H17BrN2O/c1-20(2)16-9-6-13(7-10-16)8-11-17(21)19-15-5-3-4-14(18)12-15/h3-12H,1-2H3,(H,19,21)/b11-8+. The molecule has 3 nitrogen and oxygen atoms in total. The minimum Gasteiger partial charge on any atom is -0.378 e. The highest BCUT2D eigenvalue weighted by atomic mass is 79.9. The normalized spacial score (nSPS) is 10.6. The molecule has 21 heavy (non-hydrogen) atoms. The molecule has 0 unspecified atom stereocenters. The maximum atomic E-state index is 11.9. The molecule has 2 aromatic carbocycles. The van der Waals surface area contributed by atoms with Gasteiger partial charge in [-0.3, -0.25) is 4.79 Å². The average Bonchev–Trinajstić information content (AvgIpc) is 2.45. The number of anilines is 2. The molecule has 1 N–H and O–H groups in total. The Labute approximate surface area is 133 Å². The highest BCUT2D eigenvalue weighted by Crippen LogP contribution is 2.16. The van der Waals surface area contributed by atoms with Gasteiger partial charge in [0.2, 0.25) is 5.91 Å². The van der Waals surface area contributed by atoms with Crippen LogP contribution in [0.3, 0.4) is 0 Å². The van der Waals surface area contributed by atoms with E-state index in [2.05, 4.69) is 21.2 Å². The van der Waals surface area contributed by atoms with E-state index in [9.17, 15) is 4.79 Å². The molecule has 4 heteroatoms. The lowest BCUT2D eigenvalue weighted by atomic mass is 10.2. The van der Waals surface area contributed by atoms with Crippen molar-refractivity contribution in [2.45, 2.75) is 0 Å². The van der Waals surface area contributed by atoms with Crippen LogP contribution >= 0.6 is 15.9 Å². The van der Waals surface area contributed by atoms with Crippen molar-refractivity contribution in [3.63, 3.8) is 0 Å². The fourth-order valence-corrected chi connectivity index (χ4v) is 2.20. The Kier molecular flexibility index (Phi) is 5.17. The Morgan fingerprint density at radius 1 is 1.14 bits per heavy atom. The van der Waals surface area contributed by atoms with Crippen LogP contribution in [0.5, 0.6) is 0 Å². The monoisotopic (exact) mass is 344 g/mol. The predicted molar refractivity (Wildman–Crippen MR) is 92.6 cm³/mol. The van der Waals surface area contributed by atoms with E-state index < -0.39 is 0 Å². The van der Waals surface area contributed by atoms with Gasteiger partial charge in [-0.1, -0.05) is 34.1 Å². The smallest absolute Gasteiger partial charge is 0.248 e. The molecule has 0 spiro atoms. The number of halogens is 1. The number of benzene rings is 2. The third-order valence-corrected chi connectivity index (χ3v) is 3.42. The lowest BCUT2D eigenvalue weighted by molar-refractivity contribution is -0.111. The largest absolute Gasteiger partial charge is 0.378 e. The van der Waals surface area contributed by atoms with E-state index in [0.717, 1.165) is 21.4 Å². The SMILES string of the molecule is CN(C)c1ccc(/C=C/C(=O)Nc2cccc(Br)c2)cc1. The third-order valence-electron chi connectivity index (χ3n) is 2.93. The number of amides is 1. The second kappa shape index (κ2) is 7.09. The van der Waals surface area contributed by atoms with Gasteiger partial charge in [0.15, 0.2) is 0 Å². The van der Waals surface area contributed by atoms with E-state index in [-0.39, 0.29) is 5.91 Å². The predicted octanol–water partition coefficient (Wildman–Crippen LogP) is 4.17. The van der Waals surface area contributed by atoms with E-state index in [0.29, 0.717) is 0 Å². The van der Waals surface area contributed by atoms with E-state index in [1.54, 1.807) is 6.08 Å². The van der Waals surface area contributed by atoms with Crippen molar-refractivity contribution in [2.24, 2.45) is 0 Å². The number of hydrogen-bond donors (Lipinski definition) is 1. The lowest BCUT2D eigenvalue weighted by Crippen LogP contribution is -2.08. The Balaban J connectivity index is 1.98. The lowest BCUT2D eigenvalue weighted by Gasteiger charge is -2.11. The topological polar surface area (TPSA) is 32.3 Å². The summed E-state index contributed by atoms with van der Waals surface area (Å²) in [5.74, 6) is -0.148. The van der Waals surface area contributed by atoms with Gasteiger partial charge in [-0.2, -0.15) is 0 Å². The summed E-state index contributed by atoms with van der Waals surface area (Å²) in [4.78, 5) is 13.9. The van der Waals surface area contributed by atoms with Crippen LogP contribution in [0.25, 0.3) is 6.08 Å². The first-order valence-corrected chi connectivity index (χ1v) is 7.36. The van der Waals surface area contributed by atoms with Gasteiger partial charge in [0.25, 0.3) is 0 Å². The molecule has 0 atom stereocenters. The van der Waals surface area contributed by atoms with Crippen molar-refractivity contribution >= 4 is 39.3 Å². The summed E-state index contributed by atoms with van der Waals surface area (Å²) < 4.78 is 0.934. The molecule has 0 saturated carbocycles. The van der Waals surface area contributed by atoms with Crippen LogP contribution < -0.4 is 10.2 Å². The quantitative estimate of drug-likeness (QED) is 0.844. The highest BCUT2D eigenvalue weighted by molar-refractivity contribution is 9.10. The molecule has 0 aromatic heterocycles. The molecule has 1 amide bonds. The number of carbonyl (C=O) groups excluding carboxylic acids is 1. The molecule has 0 aliphatic rings. The van der Waals surface area contributed by atoms with Crippen LogP contribution in [0.4, 0.5) is 11.4 Å². The van der Waals surface area contributed by atoms with Gasteiger partial charge in [0.05, 0.1) is 0 Å². The molecule has 108 valence electrons. The van der Waals surface area contributed by atoms with Crippen LogP contribution in [0, 0.1) is 0 Å². The number of rotatable bonds is 4. The summed E-state index contributed by atoms with van der Waals surface area (Å²) >= 11 is 3.37. The molecule has 0 aliphatic heterocycles. The van der Waals surface area contributed by atoms with Crippen molar-refractivity contribution in [1.82, 2.24) is 0 Å². The molecule has 0 saturated heterocycles. The van der Waals surface area contributed by atoms with Crippen LogP contribution in [0.1, 0.15) is 5.56 Å². The summed E-state index contributed by atoms with van der Waals surface area (Å²) in [6.07, 6.45) is 3.33. The Bertz CT molecular complexity index is 648. The zero-order chi connectivity index (χ0) is 15.2. The fraction of sp³-hybridized carbons (Fsp3) is 0.118. The van der Waals surface area contributed by atoms with Gasteiger partial charge >= 0.3 is 0 Å². The zero-order valence-electron chi connectivity index (χ0n) is 12.0. The van der Waals surface area contributed by atoms with Gasteiger partial charge in [-0.15, -0.1) is 0 Å². The van der Waals surface area contributed by atoms with Gasteiger partial charge in [-0.25, -0.2) is 0 Å². The molecule has 0 heterocycles. The fourth-order valence-electron chi connectivity index (χ4n) is 1.81. The number of nitrogens with one attached hydrogen (secondary N) is 1. The van der Waals surface area contributed by atoms with Crippen LogP contribution in [0.15, 0.2) is 59.1 Å². The van der Waals surface area contributed by atoms with Crippen molar-refractivity contribution < 1.29 is 4.79 Å². The Morgan fingerprint density at radius 3 is 2.48 bits per heavy atom. The molecule has 0 bridgehead atoms. The van der Waals surface area contributed by atoms with Crippen LogP contribution in [-0.2, 0) is 4.79 Å². The summed E-state index contributed by atoms with van der Waals surface area (Å²) in [6.45, 7) is 0. The number of carbonyl (C=O) groups is 1. The Morgan fingerprint density at radius 2 is 1.86 bits per heavy atom. The van der Waals surface area contributed by atoms with Crippen LogP contribution in [-0.4, -0.2) is 20.0 Å². The summed E-state index contributed by atoms with van der Waals surface area (Å²) in [6, 6.07) is 15.5. The van der Waals surface area contributed by atoms with E-state index in [4.69, 9.17) is 0 Å². The van der Waals surface area contributed by atoms with Crippen molar-refractivity contribution in [1.29, 1.82) is 0 Å². The van der Waals surface area contributed by atoms with Crippen molar-refractivity contribution in [3.8, 4) is 0 Å². The molecule has 2 aromatic rings. The van der Waals surface area contributed by atoms with Crippen LogP contribution in [0.2, 0.25) is 0 Å². The molecular formula is C17H17BrN2O. The zero-order valence-corrected chi connectivity index (χ0v) is 13.6. The first-order chi connectivity index (χ1) is 10.0. The third kappa shape index (κ3) is 4.76. The second-order valence-electron chi connectivity index (χ2n) is 4.82. The molecule has 0 radical (unpaired) electrons. The molecular weight excluding hydrogens is 328 g/mol. The molecule has 0 fully saturated rings. The summed E-state index contributed by atoms with van der Waals surface area (Å²) in [7, 11) is 3.99. The van der Waals surface area contributed by atoms with Gasteiger partial charge in [0, 0.05) is 36.0 Å². The number of hydrogen-bond acceptors (Lipinski definition) is 2. The van der Waals surface area contributed by atoms with Crippen molar-refractivity contribution in [2.75, 3.05) is 24.3 Å². The van der Waals surface area contributed by atoms with E-state index in [1.165, 1.54) is 6.08 Å². The van der Waals surface area contributed by atoms with E-state index in [1.807, 2.05) is 67.5 Å². The average molecular weight is 345 g/mol. The Hall–Kier alpha value is -2.07. The van der Waals surface area contributed by atoms with Gasteiger partial charge < -0.3 is 10.2 Å². The maximum absolute atomic E-state index is 11.9. The summed E-state index contributed by atoms with van der Waals surface area (Å²) in [5.41, 5.74) is 2.89. The molecule has 0 aliphatic carbocycles. The van der Waals surface area contributed by atoms with E-state index >= 15 is 0 Å².